The van der Waals surface area contributed by atoms with E-state index < -0.39 is 11.8 Å². The van der Waals surface area contributed by atoms with E-state index in [4.69, 9.17) is 17.0 Å². The van der Waals surface area contributed by atoms with Crippen molar-refractivity contribution in [3.8, 4) is 5.75 Å². The third-order valence-corrected chi connectivity index (χ3v) is 6.75. The van der Waals surface area contributed by atoms with Crippen LogP contribution in [0.15, 0.2) is 48.0 Å². The molecule has 182 valence electrons. The highest BCUT2D eigenvalue weighted by Gasteiger charge is 2.35. The number of hydrogen-bond acceptors (Lipinski definition) is 5. The number of anilines is 2. The Morgan fingerprint density at radius 2 is 1.86 bits per heavy atom. The van der Waals surface area contributed by atoms with Gasteiger partial charge in [0.05, 0.1) is 17.8 Å². The van der Waals surface area contributed by atoms with Crippen molar-refractivity contribution >= 4 is 52.2 Å². The number of aryl methyl sites for hydroxylation is 1. The number of hydrogen-bond donors (Lipinski definition) is 1. The zero-order chi connectivity index (χ0) is 25.5. The Balaban J connectivity index is 1.77. The Hall–Kier alpha value is -3.45. The minimum Gasteiger partial charge on any atom is -0.494 e. The predicted molar refractivity (Wildman–Crippen MR) is 146 cm³/mol. The van der Waals surface area contributed by atoms with Gasteiger partial charge in [0.2, 0.25) is 0 Å². The molecular weight excluding hydrogens is 458 g/mol. The van der Waals surface area contributed by atoms with Gasteiger partial charge in [-0.05, 0) is 101 Å². The number of thiocarbonyl (C=S) groups is 1. The normalized spacial score (nSPS) is 18.4. The number of carbonyl (C=O) groups excluding carboxylic acids is 2. The van der Waals surface area contributed by atoms with E-state index in [0.29, 0.717) is 18.0 Å². The van der Waals surface area contributed by atoms with Crippen molar-refractivity contribution in [1.82, 2.24) is 5.32 Å². The van der Waals surface area contributed by atoms with Gasteiger partial charge in [-0.3, -0.25) is 19.8 Å². The van der Waals surface area contributed by atoms with Crippen LogP contribution in [0.4, 0.5) is 11.4 Å². The Morgan fingerprint density at radius 1 is 1.11 bits per heavy atom. The summed E-state index contributed by atoms with van der Waals surface area (Å²) in [4.78, 5) is 30.1. The van der Waals surface area contributed by atoms with Crippen LogP contribution in [-0.4, -0.2) is 35.6 Å². The van der Waals surface area contributed by atoms with Gasteiger partial charge in [-0.1, -0.05) is 12.1 Å². The number of ether oxygens (including phenoxy) is 1. The Labute approximate surface area is 212 Å². The van der Waals surface area contributed by atoms with Crippen molar-refractivity contribution in [2.45, 2.75) is 47.1 Å². The number of nitrogens with zero attached hydrogens (tertiary/aromatic N) is 2. The highest BCUT2D eigenvalue weighted by molar-refractivity contribution is 7.80. The molecule has 2 aromatic rings. The number of allylic oxidation sites excluding steroid dienone is 1. The van der Waals surface area contributed by atoms with E-state index in [0.717, 1.165) is 28.9 Å². The standard InChI is InChI=1S/C28H31N3O3S/c1-7-30-24-12-17(3)19(13-22(24)18(4)16-28(30,5)6)14-23-25(32)29-27(35)31(26(23)33)20-10-9-11-21(15-20)34-8-2/h9-16H,7-8H2,1-6H3,(H,29,32,35)/b23-14-. The van der Waals surface area contributed by atoms with Crippen LogP contribution in [0, 0.1) is 6.92 Å². The van der Waals surface area contributed by atoms with Crippen molar-refractivity contribution in [1.29, 1.82) is 0 Å². The minimum absolute atomic E-state index is 0.0357. The van der Waals surface area contributed by atoms with E-state index in [9.17, 15) is 9.59 Å². The first kappa shape index (κ1) is 24.7. The maximum atomic E-state index is 13.5. The maximum Gasteiger partial charge on any atom is 0.270 e. The molecule has 2 aliphatic rings. The van der Waals surface area contributed by atoms with E-state index in [1.54, 1.807) is 24.3 Å². The minimum atomic E-state index is -0.502. The van der Waals surface area contributed by atoms with Gasteiger partial charge in [0.25, 0.3) is 11.8 Å². The number of carbonyl (C=O) groups is 2. The average molecular weight is 490 g/mol. The average Bonchev–Trinajstić information content (AvgIpc) is 2.77. The maximum absolute atomic E-state index is 13.5. The molecule has 1 saturated heterocycles. The lowest BCUT2D eigenvalue weighted by atomic mass is 9.86. The van der Waals surface area contributed by atoms with Gasteiger partial charge < -0.3 is 9.64 Å². The summed E-state index contributed by atoms with van der Waals surface area (Å²) in [7, 11) is 0. The summed E-state index contributed by atoms with van der Waals surface area (Å²) >= 11 is 5.35. The van der Waals surface area contributed by atoms with Crippen molar-refractivity contribution in [3.05, 3.63) is 64.7 Å². The van der Waals surface area contributed by atoms with E-state index in [2.05, 4.69) is 56.1 Å². The largest absolute Gasteiger partial charge is 0.494 e. The zero-order valence-corrected chi connectivity index (χ0v) is 21.9. The molecule has 0 atom stereocenters. The van der Waals surface area contributed by atoms with Crippen LogP contribution < -0.4 is 19.9 Å². The molecule has 0 saturated carbocycles. The number of fused-ring (bicyclic) bond motifs is 1. The molecule has 0 spiro atoms. The molecule has 4 rings (SSSR count). The lowest BCUT2D eigenvalue weighted by molar-refractivity contribution is -0.122. The first-order valence-corrected chi connectivity index (χ1v) is 12.2. The van der Waals surface area contributed by atoms with Gasteiger partial charge in [0.15, 0.2) is 5.11 Å². The number of benzene rings is 2. The van der Waals surface area contributed by atoms with Crippen molar-refractivity contribution in [3.63, 3.8) is 0 Å². The summed E-state index contributed by atoms with van der Waals surface area (Å²) in [5.74, 6) is -0.342. The molecule has 2 aromatic carbocycles. The topological polar surface area (TPSA) is 61.9 Å². The third kappa shape index (κ3) is 4.48. The molecule has 2 aliphatic heterocycles. The van der Waals surface area contributed by atoms with Gasteiger partial charge >= 0.3 is 0 Å². The van der Waals surface area contributed by atoms with Crippen LogP contribution >= 0.6 is 12.2 Å². The molecular formula is C28H31N3O3S. The SMILES string of the molecule is CCOc1cccc(N2C(=O)/C(=C\c3cc4c(cc3C)N(CC)C(C)(C)C=C4C)C(=O)NC2=S)c1. The number of nitrogens with one attached hydrogen (secondary N) is 1. The summed E-state index contributed by atoms with van der Waals surface area (Å²) in [5, 5.41) is 2.72. The van der Waals surface area contributed by atoms with Crippen molar-refractivity contribution < 1.29 is 14.3 Å². The molecule has 0 bridgehead atoms. The Kier molecular flexibility index (Phi) is 6.56. The van der Waals surface area contributed by atoms with Gasteiger partial charge in [0.1, 0.15) is 11.3 Å². The summed E-state index contributed by atoms with van der Waals surface area (Å²) in [6.45, 7) is 13.9. The molecule has 35 heavy (non-hydrogen) atoms. The molecule has 6 nitrogen and oxygen atoms in total. The molecule has 0 aromatic heterocycles. The summed E-state index contributed by atoms with van der Waals surface area (Å²) < 4.78 is 5.57. The fourth-order valence-electron chi connectivity index (χ4n) is 4.90. The molecule has 0 radical (unpaired) electrons. The van der Waals surface area contributed by atoms with Crippen LogP contribution in [0.25, 0.3) is 11.6 Å². The second-order valence-electron chi connectivity index (χ2n) is 9.34. The predicted octanol–water partition coefficient (Wildman–Crippen LogP) is 5.25. The lowest BCUT2D eigenvalue weighted by Crippen LogP contribution is -2.54. The first-order valence-electron chi connectivity index (χ1n) is 11.8. The van der Waals surface area contributed by atoms with Gasteiger partial charge in [-0.15, -0.1) is 0 Å². The van der Waals surface area contributed by atoms with Crippen LogP contribution in [0.5, 0.6) is 5.75 Å². The summed E-state index contributed by atoms with van der Waals surface area (Å²) in [5.41, 5.74) is 5.72. The van der Waals surface area contributed by atoms with Gasteiger partial charge in [-0.25, -0.2) is 0 Å². The second kappa shape index (κ2) is 9.30. The molecule has 1 fully saturated rings. The highest BCUT2D eigenvalue weighted by atomic mass is 32.1. The second-order valence-corrected chi connectivity index (χ2v) is 9.73. The van der Waals surface area contributed by atoms with Crippen molar-refractivity contribution in [2.24, 2.45) is 0 Å². The fourth-order valence-corrected chi connectivity index (χ4v) is 5.19. The number of rotatable bonds is 5. The van der Waals surface area contributed by atoms with Crippen LogP contribution in [0.3, 0.4) is 0 Å². The first-order chi connectivity index (χ1) is 16.6. The monoisotopic (exact) mass is 489 g/mol. The molecule has 0 aliphatic carbocycles. The van der Waals surface area contributed by atoms with E-state index in [-0.39, 0.29) is 16.2 Å². The molecule has 1 N–H and O–H groups in total. The Bertz CT molecular complexity index is 1290. The molecule has 2 heterocycles. The van der Waals surface area contributed by atoms with Crippen molar-refractivity contribution in [2.75, 3.05) is 23.0 Å². The zero-order valence-electron chi connectivity index (χ0n) is 21.1. The van der Waals surface area contributed by atoms with Gasteiger partial charge in [0, 0.05) is 23.9 Å². The summed E-state index contributed by atoms with van der Waals surface area (Å²) in [6.07, 6.45) is 3.92. The fraction of sp³-hybridized carbons (Fsp3) is 0.321. The lowest BCUT2D eigenvalue weighted by Gasteiger charge is -2.43. The number of amides is 2. The summed E-state index contributed by atoms with van der Waals surface area (Å²) in [6, 6.07) is 11.3. The molecule has 0 unspecified atom stereocenters. The smallest absolute Gasteiger partial charge is 0.270 e. The van der Waals surface area contributed by atoms with Crippen LogP contribution in [-0.2, 0) is 9.59 Å². The van der Waals surface area contributed by atoms with Gasteiger partial charge in [-0.2, -0.15) is 0 Å². The highest BCUT2D eigenvalue weighted by Crippen LogP contribution is 2.40. The van der Waals surface area contributed by atoms with E-state index in [1.165, 1.54) is 10.5 Å². The Morgan fingerprint density at radius 3 is 2.54 bits per heavy atom. The number of likely N-dealkylation sites (N-methyl/N-ethyl adjacent to an activating group) is 1. The molecule has 7 heteroatoms. The quantitative estimate of drug-likeness (QED) is 0.353. The van der Waals surface area contributed by atoms with E-state index >= 15 is 0 Å². The third-order valence-electron chi connectivity index (χ3n) is 6.47. The molecule has 2 amide bonds. The van der Waals surface area contributed by atoms with Crippen LogP contribution in [0.1, 0.15) is 51.3 Å². The van der Waals surface area contributed by atoms with E-state index in [1.807, 2.05) is 19.9 Å². The van der Waals surface area contributed by atoms with Crippen LogP contribution in [0.2, 0.25) is 0 Å².